The number of amides is 1. The van der Waals surface area contributed by atoms with Crippen molar-refractivity contribution in [1.29, 1.82) is 0 Å². The van der Waals surface area contributed by atoms with Crippen LogP contribution in [0.5, 0.6) is 5.75 Å². The van der Waals surface area contributed by atoms with Crippen LogP contribution in [-0.2, 0) is 11.3 Å². The SMILES string of the molecule is Cc1ccc(OCCCn2cc(/C=C3\SC(=S)N(CC(C)C)C3=O)c3ccccc32)cc1. The van der Waals surface area contributed by atoms with Crippen LogP contribution in [0.15, 0.2) is 59.6 Å². The Labute approximate surface area is 199 Å². The molecule has 1 aliphatic heterocycles. The highest BCUT2D eigenvalue weighted by Crippen LogP contribution is 2.34. The number of ether oxygens (including phenoxy) is 1. The number of fused-ring (bicyclic) bond motifs is 1. The lowest BCUT2D eigenvalue weighted by Gasteiger charge is -2.16. The summed E-state index contributed by atoms with van der Waals surface area (Å²) < 4.78 is 8.78. The molecule has 4 rings (SSSR count). The van der Waals surface area contributed by atoms with E-state index in [0.29, 0.717) is 28.3 Å². The Morgan fingerprint density at radius 2 is 1.88 bits per heavy atom. The second-order valence-corrected chi connectivity index (χ2v) is 10.2. The highest BCUT2D eigenvalue weighted by molar-refractivity contribution is 8.26. The first-order valence-corrected chi connectivity index (χ1v) is 12.2. The van der Waals surface area contributed by atoms with Gasteiger partial charge >= 0.3 is 0 Å². The molecule has 1 fully saturated rings. The van der Waals surface area contributed by atoms with E-state index in [-0.39, 0.29) is 5.91 Å². The Balaban J connectivity index is 1.49. The second-order valence-electron chi connectivity index (χ2n) is 8.50. The summed E-state index contributed by atoms with van der Waals surface area (Å²) in [4.78, 5) is 15.3. The summed E-state index contributed by atoms with van der Waals surface area (Å²) in [5, 5.41) is 1.14. The number of benzene rings is 2. The lowest BCUT2D eigenvalue weighted by atomic mass is 10.1. The molecule has 3 aromatic rings. The van der Waals surface area contributed by atoms with Crippen LogP contribution in [0, 0.1) is 12.8 Å². The molecule has 0 bridgehead atoms. The van der Waals surface area contributed by atoms with Gasteiger partial charge < -0.3 is 9.30 Å². The molecule has 6 heteroatoms. The summed E-state index contributed by atoms with van der Waals surface area (Å²) in [6, 6.07) is 16.5. The van der Waals surface area contributed by atoms with E-state index in [4.69, 9.17) is 17.0 Å². The van der Waals surface area contributed by atoms with Gasteiger partial charge in [0.25, 0.3) is 5.91 Å². The largest absolute Gasteiger partial charge is 0.494 e. The highest BCUT2D eigenvalue weighted by Gasteiger charge is 2.32. The average Bonchev–Trinajstić information content (AvgIpc) is 3.25. The zero-order valence-corrected chi connectivity index (χ0v) is 20.3. The minimum atomic E-state index is 0.0111. The zero-order chi connectivity index (χ0) is 22.7. The van der Waals surface area contributed by atoms with E-state index in [1.54, 1.807) is 4.90 Å². The summed E-state index contributed by atoms with van der Waals surface area (Å²) in [6.07, 6.45) is 5.01. The topological polar surface area (TPSA) is 34.5 Å². The molecule has 1 aromatic heterocycles. The van der Waals surface area contributed by atoms with Crippen LogP contribution < -0.4 is 4.74 Å². The Bertz CT molecular complexity index is 1160. The molecule has 2 aromatic carbocycles. The Kier molecular flexibility index (Phi) is 7.01. The first-order valence-electron chi connectivity index (χ1n) is 10.9. The third kappa shape index (κ3) is 5.08. The Morgan fingerprint density at radius 3 is 2.62 bits per heavy atom. The normalized spacial score (nSPS) is 15.5. The fourth-order valence-electron chi connectivity index (χ4n) is 3.80. The summed E-state index contributed by atoms with van der Waals surface area (Å²) in [7, 11) is 0. The van der Waals surface area contributed by atoms with Crippen LogP contribution in [0.3, 0.4) is 0 Å². The summed E-state index contributed by atoms with van der Waals surface area (Å²) in [6.45, 7) is 8.41. The minimum Gasteiger partial charge on any atom is -0.494 e. The molecule has 0 unspecified atom stereocenters. The third-order valence-electron chi connectivity index (χ3n) is 5.36. The van der Waals surface area contributed by atoms with Gasteiger partial charge in [-0.05, 0) is 43.5 Å². The van der Waals surface area contributed by atoms with Gasteiger partial charge in [-0.25, -0.2) is 0 Å². The van der Waals surface area contributed by atoms with E-state index in [9.17, 15) is 4.79 Å². The molecule has 1 saturated heterocycles. The molecule has 1 amide bonds. The molecule has 0 saturated carbocycles. The molecular formula is C26H28N2O2S2. The number of carbonyl (C=O) groups excluding carboxylic acids is 1. The van der Waals surface area contributed by atoms with Crippen LogP contribution in [0.1, 0.15) is 31.4 Å². The lowest BCUT2D eigenvalue weighted by Crippen LogP contribution is -2.31. The van der Waals surface area contributed by atoms with E-state index in [1.807, 2.05) is 30.3 Å². The highest BCUT2D eigenvalue weighted by atomic mass is 32.2. The van der Waals surface area contributed by atoms with Crippen LogP contribution in [-0.4, -0.2) is 32.8 Å². The smallest absolute Gasteiger partial charge is 0.266 e. The summed E-state index contributed by atoms with van der Waals surface area (Å²) >= 11 is 6.85. The number of aromatic nitrogens is 1. The van der Waals surface area contributed by atoms with Crippen molar-refractivity contribution in [3.8, 4) is 5.75 Å². The molecular weight excluding hydrogens is 436 g/mol. The first kappa shape index (κ1) is 22.6. The van der Waals surface area contributed by atoms with Crippen molar-refractivity contribution >= 4 is 51.2 Å². The lowest BCUT2D eigenvalue weighted by molar-refractivity contribution is -0.122. The quantitative estimate of drug-likeness (QED) is 0.223. The third-order valence-corrected chi connectivity index (χ3v) is 6.74. The van der Waals surface area contributed by atoms with Gasteiger partial charge in [-0.3, -0.25) is 9.69 Å². The molecule has 1 aliphatic rings. The Morgan fingerprint density at radius 1 is 1.12 bits per heavy atom. The van der Waals surface area contributed by atoms with E-state index in [1.165, 1.54) is 17.3 Å². The molecule has 0 N–H and O–H groups in total. The van der Waals surface area contributed by atoms with E-state index in [0.717, 1.165) is 35.2 Å². The molecule has 0 aliphatic carbocycles. The van der Waals surface area contributed by atoms with E-state index in [2.05, 4.69) is 55.8 Å². The molecule has 0 atom stereocenters. The maximum atomic E-state index is 12.9. The molecule has 0 spiro atoms. The summed E-state index contributed by atoms with van der Waals surface area (Å²) in [5.74, 6) is 1.29. The number of para-hydroxylation sites is 1. The van der Waals surface area contributed by atoms with Crippen LogP contribution in [0.4, 0.5) is 0 Å². The molecule has 0 radical (unpaired) electrons. The number of carbonyl (C=O) groups is 1. The van der Waals surface area contributed by atoms with Gasteiger partial charge in [0.1, 0.15) is 10.1 Å². The van der Waals surface area contributed by atoms with Gasteiger partial charge in [0, 0.05) is 35.8 Å². The van der Waals surface area contributed by atoms with Crippen molar-refractivity contribution < 1.29 is 9.53 Å². The average molecular weight is 465 g/mol. The van der Waals surface area contributed by atoms with Crippen molar-refractivity contribution in [3.05, 3.63) is 70.8 Å². The van der Waals surface area contributed by atoms with Gasteiger partial charge in [0.2, 0.25) is 0 Å². The maximum Gasteiger partial charge on any atom is 0.266 e. The summed E-state index contributed by atoms with van der Waals surface area (Å²) in [5.41, 5.74) is 3.43. The van der Waals surface area contributed by atoms with E-state index >= 15 is 0 Å². The van der Waals surface area contributed by atoms with Crippen molar-refractivity contribution in [2.24, 2.45) is 5.92 Å². The van der Waals surface area contributed by atoms with Gasteiger partial charge in [-0.2, -0.15) is 0 Å². The van der Waals surface area contributed by atoms with Crippen molar-refractivity contribution in [3.63, 3.8) is 0 Å². The van der Waals surface area contributed by atoms with Crippen LogP contribution in [0.2, 0.25) is 0 Å². The number of thioether (sulfide) groups is 1. The van der Waals surface area contributed by atoms with Gasteiger partial charge in [-0.1, -0.05) is 73.7 Å². The first-order chi connectivity index (χ1) is 15.4. The van der Waals surface area contributed by atoms with Crippen molar-refractivity contribution in [1.82, 2.24) is 9.47 Å². The van der Waals surface area contributed by atoms with E-state index < -0.39 is 0 Å². The molecule has 166 valence electrons. The fraction of sp³-hybridized carbons (Fsp3) is 0.308. The molecule has 32 heavy (non-hydrogen) atoms. The number of hydrogen-bond acceptors (Lipinski definition) is 4. The fourth-order valence-corrected chi connectivity index (χ4v) is 5.06. The van der Waals surface area contributed by atoms with Crippen LogP contribution in [0.25, 0.3) is 17.0 Å². The number of rotatable bonds is 8. The van der Waals surface area contributed by atoms with Crippen LogP contribution >= 0.6 is 24.0 Å². The predicted octanol–water partition coefficient (Wildman–Crippen LogP) is 6.28. The predicted molar refractivity (Wildman–Crippen MR) is 138 cm³/mol. The van der Waals surface area contributed by atoms with Crippen molar-refractivity contribution in [2.45, 2.75) is 33.7 Å². The molecule has 4 nitrogen and oxygen atoms in total. The number of thiocarbonyl (C=S) groups is 1. The second kappa shape index (κ2) is 9.92. The number of nitrogens with zero attached hydrogens (tertiary/aromatic N) is 2. The standard InChI is InChI=1S/C26H28N2O2S2/c1-18(2)16-28-25(29)24(32-26(28)31)15-20-17-27(23-8-5-4-7-22(20)23)13-6-14-30-21-11-9-19(3)10-12-21/h4-5,7-12,15,17-18H,6,13-14,16H2,1-3H3/b24-15-. The molecule has 2 heterocycles. The van der Waals surface area contributed by atoms with Gasteiger partial charge in [-0.15, -0.1) is 0 Å². The maximum absolute atomic E-state index is 12.9. The Hall–Kier alpha value is -2.57. The number of aryl methyl sites for hydroxylation is 2. The monoisotopic (exact) mass is 464 g/mol. The minimum absolute atomic E-state index is 0.0111. The zero-order valence-electron chi connectivity index (χ0n) is 18.7. The van der Waals surface area contributed by atoms with Gasteiger partial charge in [0.15, 0.2) is 0 Å². The number of hydrogen-bond donors (Lipinski definition) is 0. The van der Waals surface area contributed by atoms with Crippen molar-refractivity contribution in [2.75, 3.05) is 13.2 Å². The van der Waals surface area contributed by atoms with Gasteiger partial charge in [0.05, 0.1) is 11.5 Å².